The van der Waals surface area contributed by atoms with Gasteiger partial charge in [0.2, 0.25) is 5.91 Å². The number of nitrogens with zero attached hydrogens (tertiary/aromatic N) is 1. The Morgan fingerprint density at radius 1 is 1.73 bits per heavy atom. The molecule has 1 rings (SSSR count). The van der Waals surface area contributed by atoms with E-state index in [9.17, 15) is 14.9 Å². The fraction of sp³-hybridized carbons (Fsp3) is 0.400. The van der Waals surface area contributed by atoms with E-state index in [4.69, 9.17) is 5.73 Å². The van der Waals surface area contributed by atoms with E-state index in [1.807, 2.05) is 0 Å². The number of carbonyl (C=O) groups is 1. The minimum absolute atomic E-state index is 0.393. The van der Waals surface area contributed by atoms with Gasteiger partial charge in [0.1, 0.15) is 0 Å². The van der Waals surface area contributed by atoms with Crippen LogP contribution in [0.25, 0.3) is 0 Å². The van der Waals surface area contributed by atoms with Gasteiger partial charge in [-0.15, -0.1) is 0 Å². The first-order valence-corrected chi connectivity index (χ1v) is 2.99. The predicted molar refractivity (Wildman–Crippen MR) is 36.0 cm³/mol. The second kappa shape index (κ2) is 2.67. The largest absolute Gasteiger partial charge is 0.331 e. The first-order chi connectivity index (χ1) is 5.11. The molecule has 0 saturated heterocycles. The Kier molecular flexibility index (Phi) is 1.86. The molecule has 2 unspecified atom stereocenters. The smallest absolute Gasteiger partial charge is 0.264 e. The maximum atomic E-state index is 10.5. The number of nitro groups is 1. The summed E-state index contributed by atoms with van der Waals surface area (Å²) in [5.74, 6) is -0.393. The molecule has 11 heavy (non-hydrogen) atoms. The van der Waals surface area contributed by atoms with Crippen molar-refractivity contribution in [3.05, 3.63) is 22.3 Å². The van der Waals surface area contributed by atoms with E-state index in [2.05, 4.69) is 5.32 Å². The highest BCUT2D eigenvalue weighted by Gasteiger charge is 2.29. The third-order valence-electron chi connectivity index (χ3n) is 1.37. The molecule has 1 heterocycles. The van der Waals surface area contributed by atoms with Gasteiger partial charge in [0.25, 0.3) is 6.04 Å². The highest BCUT2D eigenvalue weighted by atomic mass is 16.6. The molecule has 1 aliphatic rings. The molecule has 0 aromatic heterocycles. The van der Waals surface area contributed by atoms with Crippen molar-refractivity contribution >= 4 is 5.91 Å². The van der Waals surface area contributed by atoms with Crippen molar-refractivity contribution in [3.63, 3.8) is 0 Å². The van der Waals surface area contributed by atoms with Gasteiger partial charge in [0.05, 0.1) is 0 Å². The van der Waals surface area contributed by atoms with Crippen molar-refractivity contribution in [1.29, 1.82) is 0 Å². The Morgan fingerprint density at radius 2 is 2.36 bits per heavy atom. The molecule has 6 heteroatoms. The lowest BCUT2D eigenvalue weighted by Gasteiger charge is -2.17. The molecule has 0 aromatic carbocycles. The molecule has 0 spiro atoms. The van der Waals surface area contributed by atoms with E-state index in [0.717, 1.165) is 6.08 Å². The van der Waals surface area contributed by atoms with Gasteiger partial charge in [0, 0.05) is 11.0 Å². The molecule has 0 bridgehead atoms. The number of nitrogens with two attached hydrogens (primary N) is 1. The fourth-order valence-electron chi connectivity index (χ4n) is 0.805. The number of carbonyl (C=O) groups excluding carboxylic acids is 1. The molecule has 0 fully saturated rings. The van der Waals surface area contributed by atoms with Gasteiger partial charge < -0.3 is 11.1 Å². The molecule has 0 radical (unpaired) electrons. The van der Waals surface area contributed by atoms with Gasteiger partial charge in [-0.1, -0.05) is 0 Å². The van der Waals surface area contributed by atoms with Crippen LogP contribution in [-0.4, -0.2) is 23.0 Å². The van der Waals surface area contributed by atoms with Crippen LogP contribution >= 0.6 is 0 Å². The fourth-order valence-corrected chi connectivity index (χ4v) is 0.805. The van der Waals surface area contributed by atoms with Crippen molar-refractivity contribution in [2.75, 3.05) is 0 Å². The van der Waals surface area contributed by atoms with Crippen LogP contribution in [0.3, 0.4) is 0 Å². The number of nitrogens with one attached hydrogen (secondary N) is 1. The van der Waals surface area contributed by atoms with Crippen LogP contribution in [0.5, 0.6) is 0 Å². The Bertz CT molecular complexity index is 225. The van der Waals surface area contributed by atoms with E-state index in [-0.39, 0.29) is 0 Å². The molecule has 6 nitrogen and oxygen atoms in total. The summed E-state index contributed by atoms with van der Waals surface area (Å²) in [4.78, 5) is 20.2. The Hall–Kier alpha value is -1.43. The van der Waals surface area contributed by atoms with Crippen LogP contribution in [0.4, 0.5) is 0 Å². The molecular formula is C5H7N3O3. The van der Waals surface area contributed by atoms with Gasteiger partial charge in [-0.25, -0.2) is 0 Å². The summed E-state index contributed by atoms with van der Waals surface area (Å²) in [5, 5.41) is 12.4. The van der Waals surface area contributed by atoms with E-state index in [0.29, 0.717) is 0 Å². The number of hydrogen-bond acceptors (Lipinski definition) is 4. The van der Waals surface area contributed by atoms with Crippen LogP contribution in [0, 0.1) is 10.1 Å². The van der Waals surface area contributed by atoms with E-state index in [1.54, 1.807) is 0 Å². The topological polar surface area (TPSA) is 98.3 Å². The number of amides is 1. The first-order valence-electron chi connectivity index (χ1n) is 2.99. The van der Waals surface area contributed by atoms with Crippen molar-refractivity contribution < 1.29 is 9.72 Å². The van der Waals surface area contributed by atoms with E-state index in [1.165, 1.54) is 6.08 Å². The molecule has 0 aliphatic carbocycles. The summed E-state index contributed by atoms with van der Waals surface area (Å²) < 4.78 is 0. The normalized spacial score (nSPS) is 29.7. The summed E-state index contributed by atoms with van der Waals surface area (Å²) in [7, 11) is 0. The summed E-state index contributed by atoms with van der Waals surface area (Å²) in [5.41, 5.74) is 5.25. The maximum Gasteiger partial charge on any atom is 0.264 e. The molecule has 1 aliphatic heterocycles. The Labute approximate surface area is 62.2 Å². The van der Waals surface area contributed by atoms with Crippen LogP contribution < -0.4 is 11.1 Å². The van der Waals surface area contributed by atoms with Crippen molar-refractivity contribution in [3.8, 4) is 0 Å². The maximum absolute atomic E-state index is 10.5. The van der Waals surface area contributed by atoms with Gasteiger partial charge in [-0.3, -0.25) is 14.9 Å². The third kappa shape index (κ3) is 1.53. The monoisotopic (exact) mass is 157 g/mol. The zero-order chi connectivity index (χ0) is 8.43. The number of hydrogen-bond donors (Lipinski definition) is 2. The highest BCUT2D eigenvalue weighted by Crippen LogP contribution is 2.00. The standard InChI is InChI=1S/C5H7N3O3/c6-5-3(8(10)11)1-2-4(9)7-5/h1-3,5H,6H2,(H,7,9). The Balaban J connectivity index is 2.76. The molecule has 0 aromatic rings. The van der Waals surface area contributed by atoms with Crippen LogP contribution in [-0.2, 0) is 4.79 Å². The summed E-state index contributed by atoms with van der Waals surface area (Å²) in [6.07, 6.45) is 1.38. The summed E-state index contributed by atoms with van der Waals surface area (Å²) >= 11 is 0. The van der Waals surface area contributed by atoms with Crippen LogP contribution in [0.1, 0.15) is 0 Å². The van der Waals surface area contributed by atoms with Gasteiger partial charge in [0.15, 0.2) is 6.17 Å². The lowest BCUT2D eigenvalue weighted by atomic mass is 10.1. The SMILES string of the molecule is NC1NC(=O)C=CC1[N+](=O)[O-]. The molecule has 2 atom stereocenters. The van der Waals surface area contributed by atoms with Gasteiger partial charge >= 0.3 is 0 Å². The molecule has 3 N–H and O–H groups in total. The lowest BCUT2D eigenvalue weighted by Crippen LogP contribution is -2.53. The average molecular weight is 157 g/mol. The minimum Gasteiger partial charge on any atom is -0.331 e. The quantitative estimate of drug-likeness (QED) is 0.361. The lowest BCUT2D eigenvalue weighted by molar-refractivity contribution is -0.513. The van der Waals surface area contributed by atoms with Crippen molar-refractivity contribution in [2.24, 2.45) is 5.73 Å². The summed E-state index contributed by atoms with van der Waals surface area (Å²) in [6, 6.07) is -1.01. The Morgan fingerprint density at radius 3 is 2.82 bits per heavy atom. The molecule has 1 amide bonds. The van der Waals surface area contributed by atoms with Crippen molar-refractivity contribution in [1.82, 2.24) is 5.32 Å². The van der Waals surface area contributed by atoms with Gasteiger partial charge in [-0.05, 0) is 6.08 Å². The molecule has 60 valence electrons. The summed E-state index contributed by atoms with van der Waals surface area (Å²) in [6.45, 7) is 0. The third-order valence-corrected chi connectivity index (χ3v) is 1.37. The van der Waals surface area contributed by atoms with Gasteiger partial charge in [-0.2, -0.15) is 0 Å². The minimum atomic E-state index is -1.01. The van der Waals surface area contributed by atoms with Crippen molar-refractivity contribution in [2.45, 2.75) is 12.2 Å². The second-order valence-corrected chi connectivity index (χ2v) is 2.17. The highest BCUT2D eigenvalue weighted by molar-refractivity contribution is 5.88. The van der Waals surface area contributed by atoms with Crippen LogP contribution in [0.15, 0.2) is 12.2 Å². The molecule has 0 saturated carbocycles. The zero-order valence-corrected chi connectivity index (χ0v) is 5.56. The van der Waals surface area contributed by atoms with Crippen LogP contribution in [0.2, 0.25) is 0 Å². The average Bonchev–Trinajstić information content (AvgIpc) is 1.85. The van der Waals surface area contributed by atoms with E-state index >= 15 is 0 Å². The predicted octanol–water partition coefficient (Wildman–Crippen LogP) is -1.40. The number of rotatable bonds is 1. The first kappa shape index (κ1) is 7.67. The second-order valence-electron chi connectivity index (χ2n) is 2.17. The molecular weight excluding hydrogens is 150 g/mol. The zero-order valence-electron chi connectivity index (χ0n) is 5.56. The van der Waals surface area contributed by atoms with E-state index < -0.39 is 23.0 Å².